The first kappa shape index (κ1) is 15.4. The summed E-state index contributed by atoms with van der Waals surface area (Å²) in [7, 11) is -3.36. The molecule has 0 radical (unpaired) electrons. The summed E-state index contributed by atoms with van der Waals surface area (Å²) < 4.78 is 11.1. The molecule has 0 heterocycles. The van der Waals surface area contributed by atoms with E-state index in [1.54, 1.807) is 0 Å². The Hall–Kier alpha value is -0.670. The fourth-order valence-electron chi connectivity index (χ4n) is 1.60. The predicted octanol–water partition coefficient (Wildman–Crippen LogP) is 1.95. The van der Waals surface area contributed by atoms with E-state index in [9.17, 15) is 9.67 Å². The van der Waals surface area contributed by atoms with E-state index in [0.717, 1.165) is 6.42 Å². The summed E-state index contributed by atoms with van der Waals surface area (Å²) in [6.45, 7) is 4.53. The molecule has 1 rings (SSSR count). The number of aryl methyl sites for hydroxylation is 1. The maximum Gasteiger partial charge on any atom is 0.225 e. The molecule has 3 N–H and O–H groups in total. The predicted molar refractivity (Wildman–Crippen MR) is 73.9 cm³/mol. The van der Waals surface area contributed by atoms with Gasteiger partial charge in [0.05, 0.1) is 0 Å². The molecule has 0 aliphatic carbocycles. The lowest BCUT2D eigenvalue weighted by Gasteiger charge is -2.14. The zero-order chi connectivity index (χ0) is 13.6. The van der Waals surface area contributed by atoms with Crippen molar-refractivity contribution in [2.24, 2.45) is 0 Å². The lowest BCUT2D eigenvalue weighted by atomic mass is 10.1. The van der Waals surface area contributed by atoms with Crippen LogP contribution in [0, 0.1) is 0 Å². The third kappa shape index (κ3) is 5.32. The number of hydrogen-bond acceptors (Lipinski definition) is 3. The van der Waals surface area contributed by atoms with Gasteiger partial charge in [-0.25, -0.2) is 0 Å². The Morgan fingerprint density at radius 2 is 1.83 bits per heavy atom. The van der Waals surface area contributed by atoms with Crippen LogP contribution in [-0.4, -0.2) is 29.1 Å². The van der Waals surface area contributed by atoms with Crippen molar-refractivity contribution < 1.29 is 14.6 Å². The minimum Gasteiger partial charge on any atom is -0.383 e. The molecule has 2 unspecified atom stereocenters. The van der Waals surface area contributed by atoms with Crippen molar-refractivity contribution in [2.75, 3.05) is 13.2 Å². The Balaban J connectivity index is 2.27. The van der Waals surface area contributed by atoms with E-state index in [-0.39, 0.29) is 6.42 Å². The molecule has 0 spiro atoms. The fraction of sp³-hybridized carbons (Fsp3) is 0.538. The van der Waals surface area contributed by atoms with Crippen LogP contribution in [0.25, 0.3) is 0 Å². The molecule has 4 nitrogen and oxygen atoms in total. The highest BCUT2D eigenvalue weighted by atomic mass is 31.2. The maximum absolute atomic E-state index is 11.1. The van der Waals surface area contributed by atoms with Crippen molar-refractivity contribution in [1.29, 1.82) is 0 Å². The minimum absolute atomic E-state index is 0.289. The SMILES string of the molecule is CCc1ccc(CNCCC(O)P(C)(=O)O)cc1. The zero-order valence-corrected chi connectivity index (χ0v) is 11.9. The van der Waals surface area contributed by atoms with Gasteiger partial charge in [0.25, 0.3) is 0 Å². The summed E-state index contributed by atoms with van der Waals surface area (Å²) in [4.78, 5) is 9.14. The smallest absolute Gasteiger partial charge is 0.225 e. The topological polar surface area (TPSA) is 69.6 Å². The highest BCUT2D eigenvalue weighted by Crippen LogP contribution is 2.41. The maximum atomic E-state index is 11.1. The van der Waals surface area contributed by atoms with E-state index in [2.05, 4.69) is 36.5 Å². The molecular formula is C13H22NO3P. The first-order valence-electron chi connectivity index (χ1n) is 6.20. The van der Waals surface area contributed by atoms with Crippen molar-refractivity contribution in [3.63, 3.8) is 0 Å². The second kappa shape index (κ2) is 7.05. The Kier molecular flexibility index (Phi) is 6.03. The third-order valence-corrected chi connectivity index (χ3v) is 4.26. The van der Waals surface area contributed by atoms with Crippen LogP contribution in [0.2, 0.25) is 0 Å². The van der Waals surface area contributed by atoms with Gasteiger partial charge in [0.1, 0.15) is 5.85 Å². The third-order valence-electron chi connectivity index (χ3n) is 2.89. The monoisotopic (exact) mass is 271 g/mol. The molecule has 0 saturated heterocycles. The van der Waals surface area contributed by atoms with Crippen molar-refractivity contribution in [3.8, 4) is 0 Å². The summed E-state index contributed by atoms with van der Waals surface area (Å²) in [6, 6.07) is 8.33. The number of rotatable bonds is 7. The van der Waals surface area contributed by atoms with E-state index >= 15 is 0 Å². The van der Waals surface area contributed by atoms with Gasteiger partial charge >= 0.3 is 0 Å². The van der Waals surface area contributed by atoms with Gasteiger partial charge in [-0.2, -0.15) is 0 Å². The largest absolute Gasteiger partial charge is 0.383 e. The van der Waals surface area contributed by atoms with E-state index in [1.165, 1.54) is 17.8 Å². The van der Waals surface area contributed by atoms with Gasteiger partial charge in [-0.1, -0.05) is 31.2 Å². The van der Waals surface area contributed by atoms with Crippen LogP contribution in [0.4, 0.5) is 0 Å². The average Bonchev–Trinajstić information content (AvgIpc) is 2.34. The molecule has 18 heavy (non-hydrogen) atoms. The van der Waals surface area contributed by atoms with Crippen LogP contribution >= 0.6 is 7.37 Å². The summed E-state index contributed by atoms with van der Waals surface area (Å²) >= 11 is 0. The van der Waals surface area contributed by atoms with E-state index in [1.807, 2.05) is 0 Å². The molecule has 0 aliphatic heterocycles. The molecule has 0 fully saturated rings. The zero-order valence-electron chi connectivity index (χ0n) is 11.0. The lowest BCUT2D eigenvalue weighted by molar-refractivity contribution is 0.220. The molecule has 0 saturated carbocycles. The van der Waals surface area contributed by atoms with Crippen LogP contribution in [0.15, 0.2) is 24.3 Å². The van der Waals surface area contributed by atoms with Crippen LogP contribution in [0.3, 0.4) is 0 Å². The average molecular weight is 271 g/mol. The highest BCUT2D eigenvalue weighted by Gasteiger charge is 2.21. The van der Waals surface area contributed by atoms with Crippen molar-refractivity contribution >= 4 is 7.37 Å². The molecule has 1 aromatic carbocycles. The number of benzene rings is 1. The molecular weight excluding hydrogens is 249 g/mol. The number of nitrogens with one attached hydrogen (secondary N) is 1. The first-order chi connectivity index (χ1) is 8.43. The highest BCUT2D eigenvalue weighted by molar-refractivity contribution is 7.57. The number of aliphatic hydroxyl groups excluding tert-OH is 1. The van der Waals surface area contributed by atoms with Gasteiger partial charge in [-0.3, -0.25) is 4.57 Å². The van der Waals surface area contributed by atoms with Crippen molar-refractivity contribution in [3.05, 3.63) is 35.4 Å². The van der Waals surface area contributed by atoms with Crippen molar-refractivity contribution in [1.82, 2.24) is 5.32 Å². The standard InChI is InChI=1S/C13H22NO3P/c1-3-11-4-6-12(7-5-11)10-14-9-8-13(15)18(2,16)17/h4-7,13-15H,3,8-10H2,1-2H3,(H,16,17). The lowest BCUT2D eigenvalue weighted by Crippen LogP contribution is -2.20. The molecule has 0 aromatic heterocycles. The number of hydrogen-bond donors (Lipinski definition) is 3. The molecule has 0 bridgehead atoms. The molecule has 1 aromatic rings. The van der Waals surface area contributed by atoms with E-state index in [0.29, 0.717) is 13.1 Å². The van der Waals surface area contributed by atoms with E-state index in [4.69, 9.17) is 4.89 Å². The van der Waals surface area contributed by atoms with Crippen LogP contribution in [0.5, 0.6) is 0 Å². The second-order valence-corrected chi connectivity index (χ2v) is 7.04. The Bertz CT molecular complexity index is 399. The van der Waals surface area contributed by atoms with Crippen LogP contribution in [0.1, 0.15) is 24.5 Å². The van der Waals surface area contributed by atoms with Gasteiger partial charge in [-0.05, 0) is 30.5 Å². The molecule has 102 valence electrons. The first-order valence-corrected chi connectivity index (χ1v) is 8.37. The van der Waals surface area contributed by atoms with Crippen LogP contribution < -0.4 is 5.32 Å². The normalized spacial score (nSPS) is 16.2. The summed E-state index contributed by atoms with van der Waals surface area (Å²) in [5, 5.41) is 12.5. The second-order valence-electron chi connectivity index (χ2n) is 4.56. The molecule has 2 atom stereocenters. The Labute approximate surface area is 109 Å². The minimum atomic E-state index is -3.36. The Morgan fingerprint density at radius 1 is 1.28 bits per heavy atom. The van der Waals surface area contributed by atoms with Gasteiger partial charge in [-0.15, -0.1) is 0 Å². The number of aliphatic hydroxyl groups is 1. The molecule has 0 amide bonds. The van der Waals surface area contributed by atoms with Gasteiger partial charge in [0.15, 0.2) is 0 Å². The van der Waals surface area contributed by atoms with Gasteiger partial charge in [0.2, 0.25) is 7.37 Å². The Morgan fingerprint density at radius 3 is 2.33 bits per heavy atom. The fourth-order valence-corrected chi connectivity index (χ4v) is 2.20. The van der Waals surface area contributed by atoms with Crippen LogP contribution in [-0.2, 0) is 17.5 Å². The quantitative estimate of drug-likeness (QED) is 0.523. The molecule has 0 aliphatic rings. The summed E-state index contributed by atoms with van der Waals surface area (Å²) in [6.07, 6.45) is 1.32. The van der Waals surface area contributed by atoms with Gasteiger partial charge < -0.3 is 15.3 Å². The molecule has 5 heteroatoms. The van der Waals surface area contributed by atoms with Gasteiger partial charge in [0, 0.05) is 13.2 Å². The van der Waals surface area contributed by atoms with E-state index < -0.39 is 13.2 Å². The summed E-state index contributed by atoms with van der Waals surface area (Å²) in [5.41, 5.74) is 2.48. The van der Waals surface area contributed by atoms with Crippen molar-refractivity contribution in [2.45, 2.75) is 32.2 Å². The summed E-state index contributed by atoms with van der Waals surface area (Å²) in [5.74, 6) is -1.13.